The molecule has 1 atom stereocenters. The number of fused-ring (bicyclic) bond motifs is 1. The lowest BCUT2D eigenvalue weighted by molar-refractivity contribution is 0.100. The van der Waals surface area contributed by atoms with Crippen LogP contribution in [0, 0.1) is 0 Å². The number of hydrogen-bond donors (Lipinski definition) is 3. The quantitative estimate of drug-likeness (QED) is 0.627. The molecule has 0 spiro atoms. The number of benzene rings is 3. The highest BCUT2D eigenvalue weighted by atomic mass is 16.1. The van der Waals surface area contributed by atoms with E-state index in [0.717, 1.165) is 30.8 Å². The van der Waals surface area contributed by atoms with E-state index < -0.39 is 5.91 Å². The van der Waals surface area contributed by atoms with Crippen LogP contribution in [0.2, 0.25) is 0 Å². The molecule has 0 saturated heterocycles. The van der Waals surface area contributed by atoms with Crippen molar-refractivity contribution >= 4 is 11.6 Å². The van der Waals surface area contributed by atoms with E-state index in [9.17, 15) is 4.79 Å². The molecule has 142 valence electrons. The van der Waals surface area contributed by atoms with Gasteiger partial charge in [0.25, 0.3) is 0 Å². The number of rotatable bonds is 5. The standard InChI is InChI=1S/C24H25N3O/c1-2-19-20(16-10-12-17(13-11-16)24(25)28)8-5-9-22(19)27-23-15-26-14-18-6-3-4-7-21(18)23/h3-13,23,26-27H,2,14-15H2,1H3,(H2,25,28). The molecule has 0 aliphatic carbocycles. The lowest BCUT2D eigenvalue weighted by Crippen LogP contribution is -2.32. The first-order valence-corrected chi connectivity index (χ1v) is 9.74. The van der Waals surface area contributed by atoms with Gasteiger partial charge in [0.1, 0.15) is 0 Å². The predicted octanol–water partition coefficient (Wildman–Crippen LogP) is 4.27. The van der Waals surface area contributed by atoms with Crippen molar-refractivity contribution in [2.75, 3.05) is 11.9 Å². The molecule has 1 aliphatic rings. The maximum atomic E-state index is 11.4. The molecule has 0 aromatic heterocycles. The minimum Gasteiger partial charge on any atom is -0.377 e. The number of hydrogen-bond acceptors (Lipinski definition) is 3. The van der Waals surface area contributed by atoms with Gasteiger partial charge < -0.3 is 16.4 Å². The summed E-state index contributed by atoms with van der Waals surface area (Å²) in [6, 6.07) is 22.7. The number of amides is 1. The second-order valence-electron chi connectivity index (χ2n) is 7.15. The normalized spacial score (nSPS) is 15.7. The molecule has 1 heterocycles. The Morgan fingerprint density at radius 2 is 1.86 bits per heavy atom. The maximum Gasteiger partial charge on any atom is 0.248 e. The van der Waals surface area contributed by atoms with E-state index in [1.54, 1.807) is 12.1 Å². The monoisotopic (exact) mass is 371 g/mol. The van der Waals surface area contributed by atoms with Gasteiger partial charge in [-0.2, -0.15) is 0 Å². The second kappa shape index (κ2) is 7.87. The van der Waals surface area contributed by atoms with Gasteiger partial charge in [-0.05, 0) is 52.4 Å². The second-order valence-corrected chi connectivity index (χ2v) is 7.15. The average Bonchev–Trinajstić information content (AvgIpc) is 2.74. The molecule has 4 N–H and O–H groups in total. The lowest BCUT2D eigenvalue weighted by Gasteiger charge is -2.29. The molecule has 1 amide bonds. The van der Waals surface area contributed by atoms with Gasteiger partial charge in [-0.1, -0.05) is 55.5 Å². The summed E-state index contributed by atoms with van der Waals surface area (Å²) in [4.78, 5) is 11.4. The van der Waals surface area contributed by atoms with Crippen LogP contribution in [0.15, 0.2) is 66.7 Å². The zero-order valence-electron chi connectivity index (χ0n) is 16.0. The Morgan fingerprint density at radius 3 is 2.61 bits per heavy atom. The lowest BCUT2D eigenvalue weighted by atomic mass is 9.93. The highest BCUT2D eigenvalue weighted by Crippen LogP contribution is 2.33. The van der Waals surface area contributed by atoms with E-state index in [2.05, 4.69) is 60.0 Å². The maximum absolute atomic E-state index is 11.4. The Balaban J connectivity index is 1.68. The van der Waals surface area contributed by atoms with Gasteiger partial charge in [-0.3, -0.25) is 4.79 Å². The average molecular weight is 371 g/mol. The molecule has 4 nitrogen and oxygen atoms in total. The fourth-order valence-corrected chi connectivity index (χ4v) is 4.00. The summed E-state index contributed by atoms with van der Waals surface area (Å²) in [6.45, 7) is 3.99. The fourth-order valence-electron chi connectivity index (χ4n) is 4.00. The molecule has 3 aromatic rings. The smallest absolute Gasteiger partial charge is 0.248 e. The van der Waals surface area contributed by atoms with E-state index in [-0.39, 0.29) is 6.04 Å². The zero-order valence-corrected chi connectivity index (χ0v) is 16.0. The molecule has 0 saturated carbocycles. The van der Waals surface area contributed by atoms with Gasteiger partial charge >= 0.3 is 0 Å². The van der Waals surface area contributed by atoms with Crippen LogP contribution < -0.4 is 16.4 Å². The predicted molar refractivity (Wildman–Crippen MR) is 114 cm³/mol. The molecule has 3 aromatic carbocycles. The third kappa shape index (κ3) is 3.51. The Bertz CT molecular complexity index is 995. The van der Waals surface area contributed by atoms with E-state index in [0.29, 0.717) is 5.56 Å². The third-order valence-electron chi connectivity index (χ3n) is 5.43. The largest absolute Gasteiger partial charge is 0.377 e. The Labute approximate surface area is 165 Å². The van der Waals surface area contributed by atoms with Crippen molar-refractivity contribution in [3.63, 3.8) is 0 Å². The highest BCUT2D eigenvalue weighted by Gasteiger charge is 2.20. The van der Waals surface area contributed by atoms with Crippen LogP contribution in [0.1, 0.15) is 40.0 Å². The molecule has 4 rings (SSSR count). The molecule has 28 heavy (non-hydrogen) atoms. The molecule has 0 radical (unpaired) electrons. The molecule has 4 heteroatoms. The van der Waals surface area contributed by atoms with Gasteiger partial charge in [0.05, 0.1) is 6.04 Å². The molecule has 1 unspecified atom stereocenters. The number of nitrogens with two attached hydrogens (primary N) is 1. The number of anilines is 1. The molecular weight excluding hydrogens is 346 g/mol. The topological polar surface area (TPSA) is 67.2 Å². The molecule has 0 bridgehead atoms. The van der Waals surface area contributed by atoms with E-state index in [1.807, 2.05) is 12.1 Å². The summed E-state index contributed by atoms with van der Waals surface area (Å²) in [5.74, 6) is -0.402. The van der Waals surface area contributed by atoms with Crippen molar-refractivity contribution in [1.29, 1.82) is 0 Å². The number of carbonyl (C=O) groups excluding carboxylic acids is 1. The van der Waals surface area contributed by atoms with E-state index >= 15 is 0 Å². The van der Waals surface area contributed by atoms with Gasteiger partial charge in [-0.15, -0.1) is 0 Å². The molecular formula is C24H25N3O. The van der Waals surface area contributed by atoms with Gasteiger partial charge in [0.2, 0.25) is 5.91 Å². The first kappa shape index (κ1) is 18.3. The summed E-state index contributed by atoms with van der Waals surface area (Å²) >= 11 is 0. The zero-order chi connectivity index (χ0) is 19.5. The SMILES string of the molecule is CCc1c(NC2CNCc3ccccc32)cccc1-c1ccc(C(N)=O)cc1. The Hall–Kier alpha value is -3.11. The van der Waals surface area contributed by atoms with Crippen LogP contribution in [0.25, 0.3) is 11.1 Å². The number of carbonyl (C=O) groups is 1. The van der Waals surface area contributed by atoms with Crippen LogP contribution >= 0.6 is 0 Å². The first-order valence-electron chi connectivity index (χ1n) is 9.74. The van der Waals surface area contributed by atoms with Crippen molar-refractivity contribution in [3.8, 4) is 11.1 Å². The minimum absolute atomic E-state index is 0.239. The first-order chi connectivity index (χ1) is 13.7. The van der Waals surface area contributed by atoms with Crippen molar-refractivity contribution in [2.45, 2.75) is 25.9 Å². The number of nitrogens with one attached hydrogen (secondary N) is 2. The highest BCUT2D eigenvalue weighted by molar-refractivity contribution is 5.93. The summed E-state index contributed by atoms with van der Waals surface area (Å²) in [5.41, 5.74) is 13.3. The Morgan fingerprint density at radius 1 is 1.07 bits per heavy atom. The van der Waals surface area contributed by atoms with E-state index in [4.69, 9.17) is 5.73 Å². The van der Waals surface area contributed by atoms with Crippen LogP contribution in [0.5, 0.6) is 0 Å². The van der Waals surface area contributed by atoms with Gasteiger partial charge in [0.15, 0.2) is 0 Å². The van der Waals surface area contributed by atoms with Crippen molar-refractivity contribution < 1.29 is 4.79 Å². The van der Waals surface area contributed by atoms with Crippen molar-refractivity contribution in [3.05, 3.63) is 89.0 Å². The summed E-state index contributed by atoms with van der Waals surface area (Å²) in [5, 5.41) is 7.27. The Kier molecular flexibility index (Phi) is 5.13. The van der Waals surface area contributed by atoms with Gasteiger partial charge in [-0.25, -0.2) is 0 Å². The molecule has 0 fully saturated rings. The summed E-state index contributed by atoms with van der Waals surface area (Å²) < 4.78 is 0. The van der Waals surface area contributed by atoms with Gasteiger partial charge in [0, 0.05) is 24.3 Å². The summed E-state index contributed by atoms with van der Waals surface area (Å²) in [7, 11) is 0. The van der Waals surface area contributed by atoms with E-state index in [1.165, 1.54) is 22.3 Å². The third-order valence-corrected chi connectivity index (χ3v) is 5.43. The minimum atomic E-state index is -0.402. The van der Waals surface area contributed by atoms with Crippen LogP contribution in [-0.4, -0.2) is 12.5 Å². The van der Waals surface area contributed by atoms with Crippen molar-refractivity contribution in [1.82, 2.24) is 5.32 Å². The van der Waals surface area contributed by atoms with Crippen molar-refractivity contribution in [2.24, 2.45) is 5.73 Å². The fraction of sp³-hybridized carbons (Fsp3) is 0.208. The van der Waals surface area contributed by atoms with Crippen LogP contribution in [0.3, 0.4) is 0 Å². The van der Waals surface area contributed by atoms with Crippen LogP contribution in [-0.2, 0) is 13.0 Å². The summed E-state index contributed by atoms with van der Waals surface area (Å²) in [6.07, 6.45) is 0.915. The molecule has 1 aliphatic heterocycles. The number of primary amides is 1. The van der Waals surface area contributed by atoms with Crippen LogP contribution in [0.4, 0.5) is 5.69 Å².